The quantitative estimate of drug-likeness (QED) is 0.547. The Morgan fingerprint density at radius 1 is 1.17 bits per heavy atom. The molecule has 2 heterocycles. The van der Waals surface area contributed by atoms with Crippen LogP contribution in [0.25, 0.3) is 16.7 Å². The molecular weight excluding hydrogens is 397 g/mol. The number of benzene rings is 2. The number of nitrogens with one attached hydrogen (secondary N) is 1. The van der Waals surface area contributed by atoms with Crippen LogP contribution in [0.15, 0.2) is 65.8 Å². The number of carbonyl (C=O) groups excluding carboxylic acids is 1. The SMILES string of the molecule is O=C(Cn1cnc2c(cnn2-c2ccc(F)cc2)c1=O)NCc1cccc(Cl)c1. The normalized spacial score (nSPS) is 11.0. The van der Waals surface area contributed by atoms with E-state index in [9.17, 15) is 14.0 Å². The largest absolute Gasteiger partial charge is 0.350 e. The molecule has 0 aliphatic heterocycles. The number of aromatic nitrogens is 4. The molecule has 7 nitrogen and oxygen atoms in total. The van der Waals surface area contributed by atoms with Gasteiger partial charge in [-0.3, -0.25) is 14.2 Å². The fourth-order valence-electron chi connectivity index (χ4n) is 2.89. The first-order chi connectivity index (χ1) is 14.0. The van der Waals surface area contributed by atoms with Crippen LogP contribution in [0.3, 0.4) is 0 Å². The van der Waals surface area contributed by atoms with Crippen molar-refractivity contribution in [2.24, 2.45) is 0 Å². The van der Waals surface area contributed by atoms with Crippen molar-refractivity contribution in [2.75, 3.05) is 0 Å². The number of amides is 1. The number of nitrogens with zero attached hydrogens (tertiary/aromatic N) is 4. The minimum absolute atomic E-state index is 0.177. The van der Waals surface area contributed by atoms with E-state index < -0.39 is 0 Å². The van der Waals surface area contributed by atoms with E-state index in [4.69, 9.17) is 11.6 Å². The van der Waals surface area contributed by atoms with Crippen molar-refractivity contribution >= 4 is 28.5 Å². The van der Waals surface area contributed by atoms with E-state index in [0.29, 0.717) is 22.9 Å². The van der Waals surface area contributed by atoms with Gasteiger partial charge < -0.3 is 5.32 Å². The highest BCUT2D eigenvalue weighted by Gasteiger charge is 2.13. The maximum atomic E-state index is 13.1. The third-order valence-electron chi connectivity index (χ3n) is 4.32. The van der Waals surface area contributed by atoms with Crippen LogP contribution in [-0.4, -0.2) is 25.2 Å². The Morgan fingerprint density at radius 2 is 1.97 bits per heavy atom. The van der Waals surface area contributed by atoms with Crippen LogP contribution in [0.2, 0.25) is 5.02 Å². The summed E-state index contributed by atoms with van der Waals surface area (Å²) in [6.45, 7) is 0.121. The van der Waals surface area contributed by atoms with Gasteiger partial charge in [0, 0.05) is 11.6 Å². The summed E-state index contributed by atoms with van der Waals surface area (Å²) in [4.78, 5) is 29.2. The molecule has 0 bridgehead atoms. The molecule has 0 aliphatic rings. The molecule has 0 fully saturated rings. The van der Waals surface area contributed by atoms with Crippen LogP contribution in [0.4, 0.5) is 4.39 Å². The molecule has 0 aliphatic carbocycles. The van der Waals surface area contributed by atoms with Crippen molar-refractivity contribution in [2.45, 2.75) is 13.1 Å². The monoisotopic (exact) mass is 411 g/mol. The number of carbonyl (C=O) groups is 1. The topological polar surface area (TPSA) is 81.8 Å². The van der Waals surface area contributed by atoms with Crippen molar-refractivity contribution in [3.05, 3.63) is 87.8 Å². The number of hydrogen-bond donors (Lipinski definition) is 1. The zero-order chi connectivity index (χ0) is 20.4. The zero-order valence-electron chi connectivity index (χ0n) is 15.0. The Labute approximate surface area is 169 Å². The van der Waals surface area contributed by atoms with Gasteiger partial charge in [0.1, 0.15) is 24.1 Å². The van der Waals surface area contributed by atoms with E-state index in [-0.39, 0.29) is 29.2 Å². The second-order valence-corrected chi connectivity index (χ2v) is 6.79. The van der Waals surface area contributed by atoms with E-state index in [2.05, 4.69) is 15.4 Å². The number of hydrogen-bond acceptors (Lipinski definition) is 4. The molecule has 0 saturated heterocycles. The Balaban J connectivity index is 1.53. The fourth-order valence-corrected chi connectivity index (χ4v) is 3.10. The lowest BCUT2D eigenvalue weighted by atomic mass is 10.2. The molecule has 29 heavy (non-hydrogen) atoms. The molecule has 1 amide bonds. The first kappa shape index (κ1) is 18.8. The molecule has 0 unspecified atom stereocenters. The molecular formula is C20H15ClFN5O2. The van der Waals surface area contributed by atoms with Crippen molar-refractivity contribution in [1.29, 1.82) is 0 Å². The van der Waals surface area contributed by atoms with Crippen LogP contribution in [-0.2, 0) is 17.9 Å². The highest BCUT2D eigenvalue weighted by Crippen LogP contribution is 2.14. The predicted octanol–water partition coefficient (Wildman–Crippen LogP) is 2.69. The average molecular weight is 412 g/mol. The van der Waals surface area contributed by atoms with Gasteiger partial charge in [-0.05, 0) is 42.0 Å². The van der Waals surface area contributed by atoms with Crippen LogP contribution >= 0.6 is 11.6 Å². The van der Waals surface area contributed by atoms with Crippen molar-refractivity contribution < 1.29 is 9.18 Å². The van der Waals surface area contributed by atoms with Gasteiger partial charge in [-0.25, -0.2) is 14.1 Å². The molecule has 4 rings (SSSR count). The molecule has 1 N–H and O–H groups in total. The lowest BCUT2D eigenvalue weighted by Crippen LogP contribution is -2.32. The Kier molecular flexibility index (Phi) is 5.09. The molecule has 2 aromatic carbocycles. The van der Waals surface area contributed by atoms with E-state index >= 15 is 0 Å². The summed E-state index contributed by atoms with van der Waals surface area (Å²) in [5.74, 6) is -0.705. The van der Waals surface area contributed by atoms with Gasteiger partial charge in [0.15, 0.2) is 5.65 Å². The van der Waals surface area contributed by atoms with Gasteiger partial charge in [-0.15, -0.1) is 0 Å². The summed E-state index contributed by atoms with van der Waals surface area (Å²) >= 11 is 5.93. The van der Waals surface area contributed by atoms with Gasteiger partial charge in [0.2, 0.25) is 5.91 Å². The van der Waals surface area contributed by atoms with Gasteiger partial charge in [0.05, 0.1) is 11.9 Å². The first-order valence-corrected chi connectivity index (χ1v) is 9.09. The van der Waals surface area contributed by atoms with Gasteiger partial charge in [-0.2, -0.15) is 5.10 Å². The zero-order valence-corrected chi connectivity index (χ0v) is 15.8. The summed E-state index contributed by atoms with van der Waals surface area (Å²) < 4.78 is 15.8. The minimum atomic E-state index is -0.388. The number of rotatable bonds is 5. The smallest absolute Gasteiger partial charge is 0.264 e. The Morgan fingerprint density at radius 3 is 2.72 bits per heavy atom. The van der Waals surface area contributed by atoms with E-state index in [1.165, 1.54) is 46.0 Å². The van der Waals surface area contributed by atoms with Gasteiger partial charge in [-0.1, -0.05) is 23.7 Å². The fraction of sp³-hybridized carbons (Fsp3) is 0.100. The van der Waals surface area contributed by atoms with Crippen molar-refractivity contribution in [3.8, 4) is 5.69 Å². The summed E-state index contributed by atoms with van der Waals surface area (Å²) in [7, 11) is 0. The lowest BCUT2D eigenvalue weighted by Gasteiger charge is -2.08. The van der Waals surface area contributed by atoms with Crippen LogP contribution in [0.5, 0.6) is 0 Å². The third kappa shape index (κ3) is 4.02. The molecule has 0 spiro atoms. The molecule has 9 heteroatoms. The summed E-state index contributed by atoms with van der Waals surface area (Å²) in [5, 5.41) is 7.76. The summed E-state index contributed by atoms with van der Waals surface area (Å²) in [6, 6.07) is 12.8. The summed E-state index contributed by atoms with van der Waals surface area (Å²) in [5.41, 5.74) is 1.37. The van der Waals surface area contributed by atoms with E-state index in [1.54, 1.807) is 18.2 Å². The van der Waals surface area contributed by atoms with Crippen LogP contribution < -0.4 is 10.9 Å². The molecule has 146 valence electrons. The first-order valence-electron chi connectivity index (χ1n) is 8.71. The maximum Gasteiger partial charge on any atom is 0.264 e. The second-order valence-electron chi connectivity index (χ2n) is 6.35. The highest BCUT2D eigenvalue weighted by molar-refractivity contribution is 6.30. The van der Waals surface area contributed by atoms with Crippen LogP contribution in [0, 0.1) is 5.82 Å². The van der Waals surface area contributed by atoms with Crippen molar-refractivity contribution in [3.63, 3.8) is 0 Å². The van der Waals surface area contributed by atoms with Crippen molar-refractivity contribution in [1.82, 2.24) is 24.6 Å². The molecule has 2 aromatic heterocycles. The summed E-state index contributed by atoms with van der Waals surface area (Å²) in [6.07, 6.45) is 2.68. The van der Waals surface area contributed by atoms with Gasteiger partial charge in [0.25, 0.3) is 5.56 Å². The Bertz CT molecular complexity index is 1250. The molecule has 0 radical (unpaired) electrons. The lowest BCUT2D eigenvalue weighted by molar-refractivity contribution is -0.121. The van der Waals surface area contributed by atoms with Crippen LogP contribution in [0.1, 0.15) is 5.56 Å². The molecule has 0 saturated carbocycles. The maximum absolute atomic E-state index is 13.1. The molecule has 4 aromatic rings. The molecule has 0 atom stereocenters. The third-order valence-corrected chi connectivity index (χ3v) is 4.55. The average Bonchev–Trinajstić information content (AvgIpc) is 3.14. The second kappa shape index (κ2) is 7.84. The van der Waals surface area contributed by atoms with Gasteiger partial charge >= 0.3 is 0 Å². The van der Waals surface area contributed by atoms with E-state index in [0.717, 1.165) is 5.56 Å². The highest BCUT2D eigenvalue weighted by atomic mass is 35.5. The number of fused-ring (bicyclic) bond motifs is 1. The minimum Gasteiger partial charge on any atom is -0.350 e. The van der Waals surface area contributed by atoms with E-state index in [1.807, 2.05) is 6.07 Å². The predicted molar refractivity (Wildman–Crippen MR) is 106 cm³/mol. The number of halogens is 2. The Hall–Kier alpha value is -3.52. The standard InChI is InChI=1S/C20H15ClFN5O2/c21-14-3-1-2-13(8-14)9-23-18(28)11-26-12-24-19-17(20(26)29)10-25-27(19)16-6-4-15(22)5-7-16/h1-8,10,12H,9,11H2,(H,23,28).